The van der Waals surface area contributed by atoms with Crippen LogP contribution in [0.5, 0.6) is 23.0 Å². The van der Waals surface area contributed by atoms with Gasteiger partial charge in [0.15, 0.2) is 23.0 Å². The smallest absolute Gasteiger partial charge is 0.330 e. The van der Waals surface area contributed by atoms with Crippen molar-refractivity contribution in [1.29, 1.82) is 0 Å². The topological polar surface area (TPSA) is 89.5 Å². The van der Waals surface area contributed by atoms with Gasteiger partial charge in [0.2, 0.25) is 0 Å². The van der Waals surface area contributed by atoms with Gasteiger partial charge in [-0.05, 0) is 55.3 Å². The second-order valence-electron chi connectivity index (χ2n) is 7.11. The molecule has 1 heterocycles. The molecular weight excluding hydrogens is 428 g/mol. The van der Waals surface area contributed by atoms with E-state index in [1.807, 2.05) is 19.9 Å². The Morgan fingerprint density at radius 2 is 1.67 bits per heavy atom. The van der Waals surface area contributed by atoms with Crippen molar-refractivity contribution in [3.05, 3.63) is 53.1 Å². The van der Waals surface area contributed by atoms with Crippen LogP contribution < -0.4 is 18.9 Å². The first-order valence-corrected chi connectivity index (χ1v) is 10.6. The minimum atomic E-state index is -0.751. The van der Waals surface area contributed by atoms with Crippen molar-refractivity contribution in [2.75, 3.05) is 34.5 Å². The van der Waals surface area contributed by atoms with Gasteiger partial charge in [0.1, 0.15) is 12.0 Å². The van der Waals surface area contributed by atoms with Crippen molar-refractivity contribution < 1.29 is 38.0 Å². The van der Waals surface area contributed by atoms with Crippen molar-refractivity contribution in [2.24, 2.45) is 0 Å². The average molecular weight is 456 g/mol. The number of rotatable bonds is 9. The predicted molar refractivity (Wildman–Crippen MR) is 121 cm³/mol. The molecule has 3 rings (SSSR count). The summed E-state index contributed by atoms with van der Waals surface area (Å²) in [4.78, 5) is 24.5. The molecule has 8 heteroatoms. The molecule has 0 saturated heterocycles. The highest BCUT2D eigenvalue weighted by molar-refractivity contribution is 5.88. The summed E-state index contributed by atoms with van der Waals surface area (Å²) in [5.41, 5.74) is 1.99. The van der Waals surface area contributed by atoms with Crippen LogP contribution in [0.15, 0.2) is 36.4 Å². The van der Waals surface area contributed by atoms with Crippen LogP contribution in [0.1, 0.15) is 42.6 Å². The Morgan fingerprint density at radius 3 is 2.30 bits per heavy atom. The number of fused-ring (bicyclic) bond motifs is 1. The van der Waals surface area contributed by atoms with E-state index >= 15 is 0 Å². The molecule has 0 bridgehead atoms. The lowest BCUT2D eigenvalue weighted by molar-refractivity contribution is -0.144. The standard InChI is InChI=1S/C25H28O8/c1-6-31-19-14-16(9-10-18(19)28-3)23-22(25(27)30-5)17-12-15(8-11-21(26)29-4)13-20(32-7-2)24(17)33-23/h8-14,22-23H,6-7H2,1-5H3/b11-8+. The van der Waals surface area contributed by atoms with E-state index in [4.69, 9.17) is 23.7 Å². The van der Waals surface area contributed by atoms with Crippen LogP contribution in [-0.2, 0) is 19.1 Å². The molecule has 2 aromatic carbocycles. The Bertz CT molecular complexity index is 1040. The zero-order valence-corrected chi connectivity index (χ0v) is 19.4. The zero-order chi connectivity index (χ0) is 24.0. The van der Waals surface area contributed by atoms with E-state index in [1.165, 1.54) is 20.3 Å². The maximum Gasteiger partial charge on any atom is 0.330 e. The minimum absolute atomic E-state index is 0.393. The summed E-state index contributed by atoms with van der Waals surface area (Å²) < 4.78 is 32.9. The third-order valence-electron chi connectivity index (χ3n) is 5.17. The first-order valence-electron chi connectivity index (χ1n) is 10.6. The molecule has 0 fully saturated rings. The van der Waals surface area contributed by atoms with Gasteiger partial charge in [0.25, 0.3) is 0 Å². The van der Waals surface area contributed by atoms with E-state index in [0.29, 0.717) is 47.3 Å². The van der Waals surface area contributed by atoms with Crippen LogP contribution in [-0.4, -0.2) is 46.5 Å². The number of carbonyl (C=O) groups excluding carboxylic acids is 2. The molecule has 0 aromatic heterocycles. The molecule has 0 N–H and O–H groups in total. The maximum atomic E-state index is 12.9. The summed E-state index contributed by atoms with van der Waals surface area (Å²) in [6.07, 6.45) is 2.23. The Kier molecular flexibility index (Phi) is 7.82. The molecule has 8 nitrogen and oxygen atoms in total. The quantitative estimate of drug-likeness (QED) is 0.412. The molecular formula is C25H28O8. The van der Waals surface area contributed by atoms with E-state index in [1.54, 1.807) is 37.5 Å². The third kappa shape index (κ3) is 5.05. The van der Waals surface area contributed by atoms with E-state index in [2.05, 4.69) is 4.74 Å². The lowest BCUT2D eigenvalue weighted by Crippen LogP contribution is -2.20. The lowest BCUT2D eigenvalue weighted by Gasteiger charge is -2.19. The Hall–Kier alpha value is -3.68. The summed E-state index contributed by atoms with van der Waals surface area (Å²) in [6.45, 7) is 4.58. The monoisotopic (exact) mass is 456 g/mol. The summed E-state index contributed by atoms with van der Waals surface area (Å²) in [6, 6.07) is 8.93. The first kappa shape index (κ1) is 24.0. The largest absolute Gasteiger partial charge is 0.493 e. The van der Waals surface area contributed by atoms with Crippen molar-refractivity contribution in [1.82, 2.24) is 0 Å². The van der Waals surface area contributed by atoms with E-state index in [9.17, 15) is 9.59 Å². The molecule has 0 saturated carbocycles. The van der Waals surface area contributed by atoms with E-state index < -0.39 is 24.0 Å². The number of benzene rings is 2. The summed E-state index contributed by atoms with van der Waals surface area (Å²) in [5, 5.41) is 0. The van der Waals surface area contributed by atoms with Crippen LogP contribution in [0.3, 0.4) is 0 Å². The van der Waals surface area contributed by atoms with Crippen LogP contribution in [0.4, 0.5) is 0 Å². The van der Waals surface area contributed by atoms with Gasteiger partial charge in [-0.3, -0.25) is 4.79 Å². The molecule has 0 aliphatic carbocycles. The number of hydrogen-bond donors (Lipinski definition) is 0. The second kappa shape index (κ2) is 10.8. The van der Waals surface area contributed by atoms with Crippen molar-refractivity contribution >= 4 is 18.0 Å². The Balaban J connectivity index is 2.11. The summed E-state index contributed by atoms with van der Waals surface area (Å²) >= 11 is 0. The maximum absolute atomic E-state index is 12.9. The van der Waals surface area contributed by atoms with Gasteiger partial charge < -0.3 is 28.4 Å². The van der Waals surface area contributed by atoms with Crippen molar-refractivity contribution in [3.8, 4) is 23.0 Å². The molecule has 1 aliphatic rings. The lowest BCUT2D eigenvalue weighted by atomic mass is 9.90. The second-order valence-corrected chi connectivity index (χ2v) is 7.11. The SMILES string of the molecule is CCOc1cc(C2Oc3c(OCC)cc(/C=C/C(=O)OC)cc3C2C(=O)OC)ccc1OC. The predicted octanol–water partition coefficient (Wildman–Crippen LogP) is 4.07. The van der Waals surface area contributed by atoms with Crippen LogP contribution in [0, 0.1) is 0 Å². The molecule has 2 atom stereocenters. The van der Waals surface area contributed by atoms with Crippen LogP contribution >= 0.6 is 0 Å². The Morgan fingerprint density at radius 1 is 0.939 bits per heavy atom. The summed E-state index contributed by atoms with van der Waals surface area (Å²) in [7, 11) is 4.20. The van der Waals surface area contributed by atoms with Crippen LogP contribution in [0.2, 0.25) is 0 Å². The molecule has 2 aromatic rings. The fraction of sp³-hybridized carbons (Fsp3) is 0.360. The highest BCUT2D eigenvalue weighted by Gasteiger charge is 2.43. The van der Waals surface area contributed by atoms with Gasteiger partial charge in [-0.15, -0.1) is 0 Å². The molecule has 0 radical (unpaired) electrons. The molecule has 2 unspecified atom stereocenters. The number of methoxy groups -OCH3 is 3. The fourth-order valence-electron chi connectivity index (χ4n) is 3.73. The molecule has 33 heavy (non-hydrogen) atoms. The molecule has 0 spiro atoms. The molecule has 0 amide bonds. The highest BCUT2D eigenvalue weighted by atomic mass is 16.5. The van der Waals surface area contributed by atoms with Crippen LogP contribution in [0.25, 0.3) is 6.08 Å². The number of ether oxygens (including phenoxy) is 6. The highest BCUT2D eigenvalue weighted by Crippen LogP contribution is 2.52. The number of hydrogen-bond acceptors (Lipinski definition) is 8. The zero-order valence-electron chi connectivity index (χ0n) is 19.4. The van der Waals surface area contributed by atoms with Gasteiger partial charge in [-0.25, -0.2) is 4.79 Å². The first-order chi connectivity index (χ1) is 16.0. The van der Waals surface area contributed by atoms with E-state index in [0.717, 1.165) is 5.56 Å². The molecule has 176 valence electrons. The van der Waals surface area contributed by atoms with E-state index in [-0.39, 0.29) is 0 Å². The summed E-state index contributed by atoms with van der Waals surface area (Å²) in [5.74, 6) is 0.357. The fourth-order valence-corrected chi connectivity index (χ4v) is 3.73. The van der Waals surface area contributed by atoms with Gasteiger partial charge in [0.05, 0.1) is 34.5 Å². The van der Waals surface area contributed by atoms with Gasteiger partial charge in [-0.2, -0.15) is 0 Å². The third-order valence-corrected chi connectivity index (χ3v) is 5.17. The van der Waals surface area contributed by atoms with Crippen molar-refractivity contribution in [2.45, 2.75) is 25.9 Å². The Labute approximate surface area is 193 Å². The number of carbonyl (C=O) groups is 2. The van der Waals surface area contributed by atoms with Crippen molar-refractivity contribution in [3.63, 3.8) is 0 Å². The molecule has 1 aliphatic heterocycles. The normalized spacial score (nSPS) is 16.6. The van der Waals surface area contributed by atoms with Gasteiger partial charge >= 0.3 is 11.9 Å². The average Bonchev–Trinajstić information content (AvgIpc) is 3.22. The number of esters is 2. The minimum Gasteiger partial charge on any atom is -0.493 e. The van der Waals surface area contributed by atoms with Gasteiger partial charge in [-0.1, -0.05) is 6.07 Å². The van der Waals surface area contributed by atoms with Gasteiger partial charge in [0, 0.05) is 11.6 Å².